The number of rotatable bonds is 8. The molecule has 1 amide bonds. The van der Waals surface area contributed by atoms with Crippen molar-refractivity contribution in [1.29, 1.82) is 0 Å². The molecule has 2 saturated heterocycles. The van der Waals surface area contributed by atoms with E-state index in [0.29, 0.717) is 12.8 Å². The van der Waals surface area contributed by atoms with Crippen molar-refractivity contribution >= 4 is 15.9 Å². The van der Waals surface area contributed by atoms with Crippen molar-refractivity contribution in [2.45, 2.75) is 49.9 Å². The van der Waals surface area contributed by atoms with Gasteiger partial charge >= 0.3 is 0 Å². The zero-order valence-corrected chi connectivity index (χ0v) is 16.3. The number of nitrogens with two attached hydrogens (primary N) is 1. The lowest BCUT2D eigenvalue weighted by Gasteiger charge is -2.43. The Hall–Kier alpha value is -1.55. The SMILES string of the molecule is CS(=O)(=O)N(Cc1cccnc1)CC(O)CN1[C@@H]2C[CH]C[C@@]1(C(N)=O)CC2. The van der Waals surface area contributed by atoms with E-state index in [1.54, 1.807) is 24.5 Å². The number of amides is 1. The predicted octanol–water partition coefficient (Wildman–Crippen LogP) is -0.109. The Balaban J connectivity index is 1.71. The second-order valence-corrected chi connectivity index (χ2v) is 9.52. The number of nitrogens with zero attached hydrogens (tertiary/aromatic N) is 3. The third-order valence-electron chi connectivity index (χ3n) is 5.63. The number of aliphatic hydroxyl groups excluding tert-OH is 1. The maximum atomic E-state index is 12.2. The Kier molecular flexibility index (Phi) is 5.85. The van der Waals surface area contributed by atoms with Crippen LogP contribution < -0.4 is 5.73 Å². The molecule has 149 valence electrons. The summed E-state index contributed by atoms with van der Waals surface area (Å²) in [5.41, 5.74) is 5.68. The summed E-state index contributed by atoms with van der Waals surface area (Å²) in [7, 11) is -3.51. The standard InChI is InChI=1S/C18H27N4O4S/c1-27(25,26)21(11-14-4-3-9-20-10-14)12-16(23)13-22-15-5-2-7-18(22,8-6-15)17(19)24/h2-4,9-10,15-16,23H,5-8,11-13H2,1H3,(H2,19,24)/t15-,16?,18+/m1/s1. The molecule has 3 rings (SSSR count). The van der Waals surface area contributed by atoms with Gasteiger partial charge in [-0.05, 0) is 43.7 Å². The summed E-state index contributed by atoms with van der Waals surface area (Å²) in [5, 5.41) is 10.6. The molecule has 0 aliphatic carbocycles. The smallest absolute Gasteiger partial charge is 0.237 e. The van der Waals surface area contributed by atoms with Gasteiger partial charge < -0.3 is 10.8 Å². The van der Waals surface area contributed by atoms with E-state index in [4.69, 9.17) is 5.73 Å². The highest BCUT2D eigenvalue weighted by molar-refractivity contribution is 7.88. The van der Waals surface area contributed by atoms with Gasteiger partial charge in [0.25, 0.3) is 0 Å². The average molecular weight is 396 g/mol. The molecule has 3 N–H and O–H groups in total. The van der Waals surface area contributed by atoms with Crippen molar-refractivity contribution in [3.05, 3.63) is 36.5 Å². The largest absolute Gasteiger partial charge is 0.390 e. The lowest BCUT2D eigenvalue weighted by atomic mass is 9.87. The number of piperidine rings is 1. The molecular weight excluding hydrogens is 368 g/mol. The summed E-state index contributed by atoms with van der Waals surface area (Å²) >= 11 is 0. The molecule has 1 aromatic heterocycles. The van der Waals surface area contributed by atoms with Gasteiger partial charge in [-0.2, -0.15) is 4.31 Å². The van der Waals surface area contributed by atoms with Gasteiger partial charge in [-0.1, -0.05) is 6.07 Å². The predicted molar refractivity (Wildman–Crippen MR) is 101 cm³/mol. The van der Waals surface area contributed by atoms with Gasteiger partial charge in [0.2, 0.25) is 15.9 Å². The lowest BCUT2D eigenvalue weighted by molar-refractivity contribution is -0.131. The van der Waals surface area contributed by atoms with E-state index in [0.717, 1.165) is 24.7 Å². The van der Waals surface area contributed by atoms with Crippen LogP contribution >= 0.6 is 0 Å². The normalized spacial score (nSPS) is 27.0. The van der Waals surface area contributed by atoms with E-state index in [-0.39, 0.29) is 31.6 Å². The summed E-state index contributed by atoms with van der Waals surface area (Å²) in [6.45, 7) is 0.317. The second kappa shape index (κ2) is 7.83. The Morgan fingerprint density at radius 3 is 2.96 bits per heavy atom. The highest BCUT2D eigenvalue weighted by atomic mass is 32.2. The number of aromatic nitrogens is 1. The molecule has 27 heavy (non-hydrogen) atoms. The van der Waals surface area contributed by atoms with Crippen LogP contribution in [0.15, 0.2) is 24.5 Å². The molecule has 0 saturated carbocycles. The number of hydrogen-bond donors (Lipinski definition) is 2. The fourth-order valence-electron chi connectivity index (χ4n) is 4.25. The van der Waals surface area contributed by atoms with E-state index in [2.05, 4.69) is 11.4 Å². The van der Waals surface area contributed by atoms with E-state index in [1.165, 1.54) is 4.31 Å². The van der Waals surface area contributed by atoms with Gasteiger partial charge in [0.1, 0.15) is 5.54 Å². The van der Waals surface area contributed by atoms with Gasteiger partial charge in [0.15, 0.2) is 0 Å². The maximum Gasteiger partial charge on any atom is 0.237 e. The van der Waals surface area contributed by atoms with Gasteiger partial charge in [-0.3, -0.25) is 14.7 Å². The first-order valence-electron chi connectivity index (χ1n) is 9.13. The van der Waals surface area contributed by atoms with Crippen LogP contribution in [0.3, 0.4) is 0 Å². The first-order valence-corrected chi connectivity index (χ1v) is 11.0. The summed E-state index contributed by atoms with van der Waals surface area (Å²) in [6.07, 6.45) is 8.50. The summed E-state index contributed by atoms with van der Waals surface area (Å²) < 4.78 is 25.6. The first kappa shape index (κ1) is 20.2. The number of primary amides is 1. The van der Waals surface area contributed by atoms with Crippen molar-refractivity contribution in [3.63, 3.8) is 0 Å². The highest BCUT2D eigenvalue weighted by Crippen LogP contribution is 2.43. The third kappa shape index (κ3) is 4.31. The maximum absolute atomic E-state index is 12.2. The van der Waals surface area contributed by atoms with Crippen molar-refractivity contribution in [2.75, 3.05) is 19.3 Å². The zero-order chi connectivity index (χ0) is 19.7. The molecule has 1 radical (unpaired) electrons. The number of carbonyl (C=O) groups is 1. The number of sulfonamides is 1. The summed E-state index contributed by atoms with van der Waals surface area (Å²) in [6, 6.07) is 3.70. The minimum atomic E-state index is -3.51. The highest BCUT2D eigenvalue weighted by Gasteiger charge is 2.53. The molecule has 8 nitrogen and oxygen atoms in total. The first-order chi connectivity index (χ1) is 12.7. The minimum Gasteiger partial charge on any atom is -0.390 e. The van der Waals surface area contributed by atoms with Crippen LogP contribution in [0.2, 0.25) is 0 Å². The Morgan fingerprint density at radius 1 is 1.56 bits per heavy atom. The number of carbonyl (C=O) groups excluding carboxylic acids is 1. The van der Waals surface area contributed by atoms with Gasteiger partial charge in [-0.25, -0.2) is 8.42 Å². The van der Waals surface area contributed by atoms with Gasteiger partial charge in [0.05, 0.1) is 12.4 Å². The number of pyridine rings is 1. The quantitative estimate of drug-likeness (QED) is 0.634. The molecule has 1 unspecified atom stereocenters. The van der Waals surface area contributed by atoms with Crippen LogP contribution in [0.1, 0.15) is 31.2 Å². The van der Waals surface area contributed by atoms with Gasteiger partial charge in [-0.15, -0.1) is 0 Å². The minimum absolute atomic E-state index is 0.0461. The molecule has 0 spiro atoms. The van der Waals surface area contributed by atoms with Crippen molar-refractivity contribution in [1.82, 2.24) is 14.2 Å². The molecule has 3 atom stereocenters. The molecule has 3 heterocycles. The van der Waals surface area contributed by atoms with Crippen LogP contribution in [-0.4, -0.2) is 70.7 Å². The second-order valence-electron chi connectivity index (χ2n) is 7.54. The number of β-amino-alcohol motifs (C(OH)–C–C–N with tert-alkyl or cyclic N) is 1. The van der Waals surface area contributed by atoms with Crippen LogP contribution in [0.25, 0.3) is 0 Å². The summed E-state index contributed by atoms with van der Waals surface area (Å²) in [5.74, 6) is -0.372. The average Bonchev–Trinajstić information content (AvgIpc) is 2.79. The van der Waals surface area contributed by atoms with E-state index in [1.807, 2.05) is 4.90 Å². The lowest BCUT2D eigenvalue weighted by Crippen LogP contribution is -2.60. The Bertz CT molecular complexity index is 769. The van der Waals surface area contributed by atoms with E-state index >= 15 is 0 Å². The summed E-state index contributed by atoms with van der Waals surface area (Å²) in [4.78, 5) is 18.1. The number of aliphatic hydroxyl groups is 1. The van der Waals surface area contributed by atoms with Crippen LogP contribution in [0, 0.1) is 6.42 Å². The number of fused-ring (bicyclic) bond motifs is 2. The molecule has 2 fully saturated rings. The molecule has 2 aliphatic rings. The third-order valence-corrected chi connectivity index (χ3v) is 6.85. The van der Waals surface area contributed by atoms with E-state index < -0.39 is 21.7 Å². The fourth-order valence-corrected chi connectivity index (χ4v) is 5.08. The topological polar surface area (TPSA) is 117 Å². The van der Waals surface area contributed by atoms with Crippen molar-refractivity contribution in [3.8, 4) is 0 Å². The molecule has 9 heteroatoms. The van der Waals surface area contributed by atoms with Crippen LogP contribution in [0.4, 0.5) is 0 Å². The molecule has 2 bridgehead atoms. The van der Waals surface area contributed by atoms with Crippen LogP contribution in [0.5, 0.6) is 0 Å². The Morgan fingerprint density at radius 2 is 2.33 bits per heavy atom. The van der Waals surface area contributed by atoms with E-state index in [9.17, 15) is 18.3 Å². The van der Waals surface area contributed by atoms with Crippen molar-refractivity contribution < 1.29 is 18.3 Å². The Labute approximate surface area is 160 Å². The zero-order valence-electron chi connectivity index (χ0n) is 15.5. The monoisotopic (exact) mass is 395 g/mol. The molecule has 1 aromatic rings. The molecule has 0 aromatic carbocycles. The van der Waals surface area contributed by atoms with Crippen LogP contribution in [-0.2, 0) is 21.4 Å². The van der Waals surface area contributed by atoms with Gasteiger partial charge in [0, 0.05) is 38.1 Å². The molecule has 2 aliphatic heterocycles. The molecular formula is C18H27N4O4S. The number of hydrogen-bond acceptors (Lipinski definition) is 6. The fraction of sp³-hybridized carbons (Fsp3) is 0.611. The van der Waals surface area contributed by atoms with Crippen molar-refractivity contribution in [2.24, 2.45) is 5.73 Å².